The molecule has 2 rings (SSSR count). The Bertz CT molecular complexity index is 238. The highest BCUT2D eigenvalue weighted by Gasteiger charge is 2.20. The van der Waals surface area contributed by atoms with E-state index in [1.165, 1.54) is 32.1 Å². The average molecular weight is 353 g/mol. The molecule has 17 heavy (non-hydrogen) atoms. The number of ether oxygens (including phenoxy) is 1. The zero-order chi connectivity index (χ0) is 11.2. The molecule has 1 saturated heterocycles. The molecule has 1 saturated carbocycles. The van der Waals surface area contributed by atoms with E-state index in [4.69, 9.17) is 10.5 Å². The van der Waals surface area contributed by atoms with Crippen molar-refractivity contribution in [3.8, 4) is 0 Å². The summed E-state index contributed by atoms with van der Waals surface area (Å²) in [6.07, 6.45) is 6.51. The molecule has 0 amide bonds. The molecule has 0 unspecified atom stereocenters. The Morgan fingerprint density at radius 3 is 2.59 bits per heavy atom. The first-order valence-electron chi connectivity index (χ1n) is 6.49. The number of nitrogens with two attached hydrogens (primary N) is 1. The Morgan fingerprint density at radius 2 is 1.94 bits per heavy atom. The maximum absolute atomic E-state index is 5.92. The van der Waals surface area contributed by atoms with Gasteiger partial charge in [-0.1, -0.05) is 0 Å². The number of nitrogens with zero attached hydrogens (tertiary/aromatic N) is 2. The summed E-state index contributed by atoms with van der Waals surface area (Å²) < 4.78 is 5.51. The Morgan fingerprint density at radius 1 is 1.24 bits per heavy atom. The molecule has 100 valence electrons. The summed E-state index contributed by atoms with van der Waals surface area (Å²) in [5.41, 5.74) is 5.92. The van der Waals surface area contributed by atoms with Crippen LogP contribution in [-0.4, -0.2) is 43.7 Å². The van der Waals surface area contributed by atoms with Crippen molar-refractivity contribution in [1.29, 1.82) is 0 Å². The molecule has 2 aliphatic rings. The Balaban J connectivity index is 0.00000144. The molecule has 2 N–H and O–H groups in total. The number of rotatable bonds is 5. The molecule has 2 fully saturated rings. The van der Waals surface area contributed by atoms with Crippen LogP contribution < -0.4 is 5.73 Å². The molecule has 4 nitrogen and oxygen atoms in total. The predicted octanol–water partition coefficient (Wildman–Crippen LogP) is 1.83. The highest BCUT2D eigenvalue weighted by molar-refractivity contribution is 14.0. The normalized spacial score (nSPS) is 21.2. The van der Waals surface area contributed by atoms with Gasteiger partial charge in [-0.3, -0.25) is 4.99 Å². The van der Waals surface area contributed by atoms with Crippen LogP contribution in [0.15, 0.2) is 4.99 Å². The molecular formula is C12H24IN3O. The Hall–Kier alpha value is -0.0400. The van der Waals surface area contributed by atoms with Gasteiger partial charge in [0, 0.05) is 19.7 Å². The average Bonchev–Trinajstić information content (AvgIpc) is 3.13. The molecule has 1 aliphatic heterocycles. The van der Waals surface area contributed by atoms with Crippen LogP contribution in [0.3, 0.4) is 0 Å². The van der Waals surface area contributed by atoms with Crippen LogP contribution in [0.25, 0.3) is 0 Å². The molecular weight excluding hydrogens is 329 g/mol. The van der Waals surface area contributed by atoms with E-state index in [1.54, 1.807) is 0 Å². The third kappa shape index (κ3) is 5.90. The van der Waals surface area contributed by atoms with Crippen molar-refractivity contribution in [3.05, 3.63) is 0 Å². The number of halogens is 1. The third-order valence-electron chi connectivity index (χ3n) is 3.24. The van der Waals surface area contributed by atoms with E-state index in [-0.39, 0.29) is 24.0 Å². The lowest BCUT2D eigenvalue weighted by Crippen LogP contribution is -2.41. The van der Waals surface area contributed by atoms with Crippen molar-refractivity contribution in [2.45, 2.75) is 32.1 Å². The van der Waals surface area contributed by atoms with Gasteiger partial charge in [-0.05, 0) is 38.0 Å². The molecule has 1 aliphatic carbocycles. The van der Waals surface area contributed by atoms with Crippen LogP contribution in [0, 0.1) is 5.92 Å². The first kappa shape index (κ1) is 15.0. The molecule has 0 radical (unpaired) electrons. The number of aliphatic imine (C=N–C) groups is 1. The summed E-state index contributed by atoms with van der Waals surface area (Å²) in [5, 5.41) is 0. The van der Waals surface area contributed by atoms with Crippen LogP contribution in [0.5, 0.6) is 0 Å². The van der Waals surface area contributed by atoms with Crippen molar-refractivity contribution in [2.75, 3.05) is 32.8 Å². The first-order chi connectivity index (χ1) is 7.86. The number of hydrogen-bond donors (Lipinski definition) is 1. The minimum absolute atomic E-state index is 0. The van der Waals surface area contributed by atoms with Crippen molar-refractivity contribution < 1.29 is 4.74 Å². The lowest BCUT2D eigenvalue weighted by Gasteiger charge is -2.27. The van der Waals surface area contributed by atoms with Gasteiger partial charge in [0.2, 0.25) is 0 Å². The number of likely N-dealkylation sites (tertiary alicyclic amines) is 1. The second-order valence-corrected chi connectivity index (χ2v) is 4.81. The largest absolute Gasteiger partial charge is 0.379 e. The van der Waals surface area contributed by atoms with Crippen LogP contribution >= 0.6 is 24.0 Å². The van der Waals surface area contributed by atoms with Gasteiger partial charge in [0.15, 0.2) is 5.96 Å². The number of guanidine groups is 1. The summed E-state index contributed by atoms with van der Waals surface area (Å²) >= 11 is 0. The monoisotopic (exact) mass is 353 g/mol. The quantitative estimate of drug-likeness (QED) is 0.355. The summed E-state index contributed by atoms with van der Waals surface area (Å²) in [7, 11) is 0. The van der Waals surface area contributed by atoms with Crippen molar-refractivity contribution in [1.82, 2.24) is 4.90 Å². The highest BCUT2D eigenvalue weighted by atomic mass is 127. The fourth-order valence-corrected chi connectivity index (χ4v) is 1.98. The summed E-state index contributed by atoms with van der Waals surface area (Å²) in [4.78, 5) is 6.55. The van der Waals surface area contributed by atoms with E-state index in [9.17, 15) is 0 Å². The van der Waals surface area contributed by atoms with Gasteiger partial charge in [-0.25, -0.2) is 0 Å². The van der Waals surface area contributed by atoms with E-state index >= 15 is 0 Å². The molecule has 1 heterocycles. The van der Waals surface area contributed by atoms with E-state index in [0.29, 0.717) is 19.1 Å². The summed E-state index contributed by atoms with van der Waals surface area (Å²) in [6.45, 7) is 4.47. The van der Waals surface area contributed by atoms with Gasteiger partial charge in [0.05, 0.1) is 13.2 Å². The minimum atomic E-state index is 0. The minimum Gasteiger partial charge on any atom is -0.379 e. The van der Waals surface area contributed by atoms with Crippen molar-refractivity contribution in [3.63, 3.8) is 0 Å². The SMILES string of the molecule is I.NC(=NCCOCC1CC1)N1CCCCC1. The second-order valence-electron chi connectivity index (χ2n) is 4.81. The smallest absolute Gasteiger partial charge is 0.191 e. The topological polar surface area (TPSA) is 50.9 Å². The zero-order valence-corrected chi connectivity index (χ0v) is 12.8. The lowest BCUT2D eigenvalue weighted by atomic mass is 10.1. The van der Waals surface area contributed by atoms with Crippen LogP contribution in [-0.2, 0) is 4.74 Å². The van der Waals surface area contributed by atoms with Gasteiger partial charge >= 0.3 is 0 Å². The van der Waals surface area contributed by atoms with E-state index in [1.807, 2.05) is 0 Å². The lowest BCUT2D eigenvalue weighted by molar-refractivity contribution is 0.131. The van der Waals surface area contributed by atoms with Gasteiger partial charge < -0.3 is 15.4 Å². The van der Waals surface area contributed by atoms with Gasteiger partial charge in [0.25, 0.3) is 0 Å². The summed E-state index contributed by atoms with van der Waals surface area (Å²) in [5.74, 6) is 1.54. The number of piperidine rings is 1. The van der Waals surface area contributed by atoms with E-state index in [0.717, 1.165) is 25.6 Å². The van der Waals surface area contributed by atoms with Crippen molar-refractivity contribution in [2.24, 2.45) is 16.6 Å². The van der Waals surface area contributed by atoms with Gasteiger partial charge in [0.1, 0.15) is 0 Å². The number of hydrogen-bond acceptors (Lipinski definition) is 2. The molecule has 0 aromatic carbocycles. The predicted molar refractivity (Wildman–Crippen MR) is 80.9 cm³/mol. The van der Waals surface area contributed by atoms with Crippen LogP contribution in [0.1, 0.15) is 32.1 Å². The fourth-order valence-electron chi connectivity index (χ4n) is 1.98. The highest BCUT2D eigenvalue weighted by Crippen LogP contribution is 2.28. The Kier molecular flexibility index (Phi) is 7.18. The van der Waals surface area contributed by atoms with E-state index < -0.39 is 0 Å². The molecule has 0 bridgehead atoms. The fraction of sp³-hybridized carbons (Fsp3) is 0.917. The molecule has 0 spiro atoms. The standard InChI is InChI=1S/C12H23N3O.HI/c13-12(15-7-2-1-3-8-15)14-6-9-16-10-11-4-5-11;/h11H,1-10H2,(H2,13,14);1H. The van der Waals surface area contributed by atoms with Crippen LogP contribution in [0.4, 0.5) is 0 Å². The zero-order valence-electron chi connectivity index (χ0n) is 10.4. The molecule has 5 heteroatoms. The molecule has 0 aromatic heterocycles. The first-order valence-corrected chi connectivity index (χ1v) is 6.49. The summed E-state index contributed by atoms with van der Waals surface area (Å²) in [6, 6.07) is 0. The van der Waals surface area contributed by atoms with Crippen molar-refractivity contribution >= 4 is 29.9 Å². The van der Waals surface area contributed by atoms with E-state index in [2.05, 4.69) is 9.89 Å². The third-order valence-corrected chi connectivity index (χ3v) is 3.24. The maximum Gasteiger partial charge on any atom is 0.191 e. The second kappa shape index (κ2) is 8.13. The maximum atomic E-state index is 5.92. The van der Waals surface area contributed by atoms with Crippen LogP contribution in [0.2, 0.25) is 0 Å². The van der Waals surface area contributed by atoms with Gasteiger partial charge in [-0.15, -0.1) is 24.0 Å². The molecule has 0 atom stereocenters. The molecule has 0 aromatic rings. The Labute approximate surface area is 121 Å². The van der Waals surface area contributed by atoms with Gasteiger partial charge in [-0.2, -0.15) is 0 Å².